The van der Waals surface area contributed by atoms with Crippen LogP contribution < -0.4 is 10.9 Å². The minimum absolute atomic E-state index is 0.134. The van der Waals surface area contributed by atoms with Crippen LogP contribution in [0.4, 0.5) is 11.4 Å². The van der Waals surface area contributed by atoms with Crippen molar-refractivity contribution in [2.24, 2.45) is 7.05 Å². The molecule has 1 N–H and O–H groups in total. The van der Waals surface area contributed by atoms with Crippen molar-refractivity contribution >= 4 is 23.0 Å². The first-order valence-corrected chi connectivity index (χ1v) is 6.21. The van der Waals surface area contributed by atoms with E-state index < -0.39 is 0 Å². The molecule has 2 heterocycles. The summed E-state index contributed by atoms with van der Waals surface area (Å²) in [5.74, 6) is 0. The maximum Gasteiger partial charge on any atom is 0.287 e. The number of nitrogens with one attached hydrogen (secondary N) is 1. The SMILES string of the molecule is Cn1ncc(Nc2ccc3c(c2)COC3)c(Cl)c1=O. The normalized spacial score (nSPS) is 13.4. The molecule has 0 saturated heterocycles. The molecular weight excluding hydrogens is 266 g/mol. The molecule has 0 saturated carbocycles. The van der Waals surface area contributed by atoms with Gasteiger partial charge in [0.15, 0.2) is 0 Å². The Bertz CT molecular complexity index is 697. The van der Waals surface area contributed by atoms with Gasteiger partial charge in [-0.2, -0.15) is 5.10 Å². The van der Waals surface area contributed by atoms with Crippen molar-refractivity contribution < 1.29 is 4.74 Å². The third-order valence-corrected chi connectivity index (χ3v) is 3.44. The Balaban J connectivity index is 1.94. The monoisotopic (exact) mass is 277 g/mol. The maximum atomic E-state index is 11.7. The van der Waals surface area contributed by atoms with Gasteiger partial charge in [0, 0.05) is 12.7 Å². The van der Waals surface area contributed by atoms with Gasteiger partial charge in [-0.05, 0) is 23.3 Å². The summed E-state index contributed by atoms with van der Waals surface area (Å²) < 4.78 is 6.56. The van der Waals surface area contributed by atoms with Crippen molar-refractivity contribution in [2.75, 3.05) is 5.32 Å². The van der Waals surface area contributed by atoms with E-state index in [4.69, 9.17) is 16.3 Å². The predicted molar refractivity (Wildman–Crippen MR) is 72.7 cm³/mol. The van der Waals surface area contributed by atoms with Crippen LogP contribution in [0.2, 0.25) is 5.02 Å². The van der Waals surface area contributed by atoms with Gasteiger partial charge in [0.2, 0.25) is 0 Å². The molecule has 0 spiro atoms. The minimum Gasteiger partial charge on any atom is -0.372 e. The first-order chi connectivity index (χ1) is 9.15. The summed E-state index contributed by atoms with van der Waals surface area (Å²) in [7, 11) is 1.56. The summed E-state index contributed by atoms with van der Waals surface area (Å²) in [6.45, 7) is 1.27. The lowest BCUT2D eigenvalue weighted by Crippen LogP contribution is -2.20. The van der Waals surface area contributed by atoms with Crippen LogP contribution in [0.1, 0.15) is 11.1 Å². The number of rotatable bonds is 2. The van der Waals surface area contributed by atoms with Gasteiger partial charge in [-0.25, -0.2) is 4.68 Å². The fraction of sp³-hybridized carbons (Fsp3) is 0.231. The quantitative estimate of drug-likeness (QED) is 0.914. The van der Waals surface area contributed by atoms with E-state index in [1.807, 2.05) is 18.2 Å². The fourth-order valence-corrected chi connectivity index (χ4v) is 2.22. The molecular formula is C13H12ClN3O2. The highest BCUT2D eigenvalue weighted by molar-refractivity contribution is 6.33. The van der Waals surface area contributed by atoms with E-state index in [-0.39, 0.29) is 10.6 Å². The summed E-state index contributed by atoms with van der Waals surface area (Å²) in [6, 6.07) is 5.94. The van der Waals surface area contributed by atoms with E-state index in [9.17, 15) is 4.79 Å². The standard InChI is InChI=1S/C13H12ClN3O2/c1-17-13(18)12(14)11(5-15-17)16-10-3-2-8-6-19-7-9(8)4-10/h2-5,16H,6-7H2,1H3. The second-order valence-electron chi connectivity index (χ2n) is 4.40. The maximum absolute atomic E-state index is 11.7. The third kappa shape index (κ3) is 2.22. The molecule has 1 aromatic carbocycles. The average molecular weight is 278 g/mol. The number of nitrogens with zero attached hydrogens (tertiary/aromatic N) is 2. The zero-order valence-corrected chi connectivity index (χ0v) is 11.1. The largest absolute Gasteiger partial charge is 0.372 e. The topological polar surface area (TPSA) is 56.1 Å². The highest BCUT2D eigenvalue weighted by Crippen LogP contribution is 2.26. The number of ether oxygens (including phenoxy) is 1. The van der Waals surface area contributed by atoms with Crippen LogP contribution >= 0.6 is 11.6 Å². The minimum atomic E-state index is -0.323. The summed E-state index contributed by atoms with van der Waals surface area (Å²) >= 11 is 6.01. The highest BCUT2D eigenvalue weighted by Gasteiger charge is 2.12. The third-order valence-electron chi connectivity index (χ3n) is 3.08. The van der Waals surface area contributed by atoms with Gasteiger partial charge >= 0.3 is 0 Å². The molecule has 0 radical (unpaired) electrons. The number of benzene rings is 1. The Morgan fingerprint density at radius 2 is 2.16 bits per heavy atom. The molecule has 0 amide bonds. The molecule has 3 rings (SSSR count). The number of aromatic nitrogens is 2. The lowest BCUT2D eigenvalue weighted by atomic mass is 10.1. The first-order valence-electron chi connectivity index (χ1n) is 5.83. The molecule has 5 nitrogen and oxygen atoms in total. The molecule has 1 aromatic heterocycles. The Kier molecular flexibility index (Phi) is 3.00. The second kappa shape index (κ2) is 4.68. The zero-order chi connectivity index (χ0) is 13.4. The van der Waals surface area contributed by atoms with Crippen molar-refractivity contribution in [3.63, 3.8) is 0 Å². The summed E-state index contributed by atoms with van der Waals surface area (Å²) in [4.78, 5) is 11.7. The second-order valence-corrected chi connectivity index (χ2v) is 4.78. The fourth-order valence-electron chi connectivity index (χ4n) is 2.00. The molecule has 1 aliphatic rings. The number of aryl methyl sites for hydroxylation is 1. The van der Waals surface area contributed by atoms with E-state index in [1.54, 1.807) is 7.05 Å². The molecule has 0 aliphatic carbocycles. The van der Waals surface area contributed by atoms with Crippen molar-refractivity contribution in [3.8, 4) is 0 Å². The van der Waals surface area contributed by atoms with E-state index in [0.29, 0.717) is 18.9 Å². The van der Waals surface area contributed by atoms with E-state index in [2.05, 4.69) is 10.4 Å². The van der Waals surface area contributed by atoms with Gasteiger partial charge in [0.25, 0.3) is 5.56 Å². The molecule has 2 aromatic rings. The molecule has 6 heteroatoms. The number of fused-ring (bicyclic) bond motifs is 1. The van der Waals surface area contributed by atoms with Gasteiger partial charge in [0.05, 0.1) is 25.1 Å². The van der Waals surface area contributed by atoms with Gasteiger partial charge in [-0.3, -0.25) is 4.79 Å². The van der Waals surface area contributed by atoms with E-state index in [0.717, 1.165) is 11.3 Å². The molecule has 19 heavy (non-hydrogen) atoms. The van der Waals surface area contributed by atoms with Crippen LogP contribution in [0, 0.1) is 0 Å². The summed E-state index contributed by atoms with van der Waals surface area (Å²) in [6.07, 6.45) is 1.54. The summed E-state index contributed by atoms with van der Waals surface area (Å²) in [5.41, 5.74) is 3.39. The number of anilines is 2. The lowest BCUT2D eigenvalue weighted by Gasteiger charge is -2.09. The van der Waals surface area contributed by atoms with Crippen LogP contribution in [0.25, 0.3) is 0 Å². The number of halogens is 1. The first kappa shape index (κ1) is 12.2. The van der Waals surface area contributed by atoms with Crippen molar-refractivity contribution in [1.82, 2.24) is 9.78 Å². The Hall–Kier alpha value is -1.85. The molecule has 0 bridgehead atoms. The molecule has 0 fully saturated rings. The van der Waals surface area contributed by atoms with Crippen LogP contribution in [-0.2, 0) is 25.0 Å². The van der Waals surface area contributed by atoms with Crippen LogP contribution in [0.5, 0.6) is 0 Å². The van der Waals surface area contributed by atoms with E-state index >= 15 is 0 Å². The van der Waals surface area contributed by atoms with Crippen molar-refractivity contribution in [2.45, 2.75) is 13.2 Å². The van der Waals surface area contributed by atoms with Gasteiger partial charge < -0.3 is 10.1 Å². The van der Waals surface area contributed by atoms with Gasteiger partial charge in [-0.15, -0.1) is 0 Å². The van der Waals surface area contributed by atoms with E-state index in [1.165, 1.54) is 16.4 Å². The van der Waals surface area contributed by atoms with Gasteiger partial charge in [0.1, 0.15) is 5.02 Å². The average Bonchev–Trinajstić information content (AvgIpc) is 2.87. The molecule has 98 valence electrons. The molecule has 0 unspecified atom stereocenters. The smallest absolute Gasteiger partial charge is 0.287 e. The van der Waals surface area contributed by atoms with Crippen molar-refractivity contribution in [3.05, 3.63) is 50.9 Å². The van der Waals surface area contributed by atoms with Crippen molar-refractivity contribution in [1.29, 1.82) is 0 Å². The Labute approximate surface area is 114 Å². The van der Waals surface area contributed by atoms with Gasteiger partial charge in [-0.1, -0.05) is 17.7 Å². The van der Waals surface area contributed by atoms with Crippen LogP contribution in [0.3, 0.4) is 0 Å². The number of hydrogen-bond donors (Lipinski definition) is 1. The van der Waals surface area contributed by atoms with Crippen LogP contribution in [0.15, 0.2) is 29.2 Å². The Morgan fingerprint density at radius 3 is 3.00 bits per heavy atom. The summed E-state index contributed by atoms with van der Waals surface area (Å²) in [5, 5.41) is 7.18. The zero-order valence-electron chi connectivity index (χ0n) is 10.3. The molecule has 0 atom stereocenters. The number of hydrogen-bond acceptors (Lipinski definition) is 4. The lowest BCUT2D eigenvalue weighted by molar-refractivity contribution is 0.134. The predicted octanol–water partition coefficient (Wildman–Crippen LogP) is 2.21. The molecule has 1 aliphatic heterocycles. The van der Waals surface area contributed by atoms with Crippen LogP contribution in [-0.4, -0.2) is 9.78 Å². The highest BCUT2D eigenvalue weighted by atomic mass is 35.5. The Morgan fingerprint density at radius 1 is 1.37 bits per heavy atom.